The van der Waals surface area contributed by atoms with Crippen molar-refractivity contribution >= 4 is 40.1 Å². The van der Waals surface area contributed by atoms with Gasteiger partial charge in [-0.1, -0.05) is 11.6 Å². The number of aryl methyl sites for hydroxylation is 1. The first-order chi connectivity index (χ1) is 14.7. The minimum Gasteiger partial charge on any atom is -0.467 e. The summed E-state index contributed by atoms with van der Waals surface area (Å²) in [4.78, 5) is 18.9. The van der Waals surface area contributed by atoms with E-state index in [1.807, 2.05) is 6.07 Å². The van der Waals surface area contributed by atoms with Gasteiger partial charge in [-0.05, 0) is 49.4 Å². The van der Waals surface area contributed by atoms with Crippen LogP contribution in [0.5, 0.6) is 11.5 Å². The lowest BCUT2D eigenvalue weighted by Gasteiger charge is -2.12. The molecule has 1 N–H and O–H groups in total. The molecule has 1 aliphatic carbocycles. The number of thiophene rings is 1. The maximum absolute atomic E-state index is 13.0. The summed E-state index contributed by atoms with van der Waals surface area (Å²) in [5, 5.41) is 4.18. The molecule has 1 aromatic carbocycles. The minimum absolute atomic E-state index is 0.130. The van der Waals surface area contributed by atoms with Crippen molar-refractivity contribution in [2.75, 3.05) is 6.79 Å². The Labute approximate surface area is 182 Å². The zero-order valence-corrected chi connectivity index (χ0v) is 17.6. The number of hydrogen-bond donors (Lipinski definition) is 1. The standard InChI is InChI=1S/C22H19ClN2O4S/c23-16-9-18-17(28-12-29-18)8-13(16)10-25-22-20(15-5-1-2-6-19(15)30-22)21(26)24-11-14-4-3-7-27-14/h3-4,7-10H,1-2,5-6,11-12H2,(H,24,26). The number of nitrogens with zero attached hydrogens (tertiary/aromatic N) is 1. The number of amides is 1. The van der Waals surface area contributed by atoms with Crippen molar-refractivity contribution in [2.24, 2.45) is 4.99 Å². The van der Waals surface area contributed by atoms with E-state index in [4.69, 9.17) is 25.5 Å². The Morgan fingerprint density at radius 3 is 2.90 bits per heavy atom. The molecule has 0 bridgehead atoms. The molecule has 0 unspecified atom stereocenters. The van der Waals surface area contributed by atoms with Gasteiger partial charge in [0.25, 0.3) is 5.91 Å². The van der Waals surface area contributed by atoms with Gasteiger partial charge in [0.1, 0.15) is 10.8 Å². The SMILES string of the molecule is O=C(NCc1ccco1)c1c(N=Cc2cc3c(cc2Cl)OCO3)sc2c1CCCC2. The van der Waals surface area contributed by atoms with E-state index in [0.717, 1.165) is 31.2 Å². The van der Waals surface area contributed by atoms with Crippen LogP contribution in [0.1, 0.15) is 45.0 Å². The Balaban J connectivity index is 1.45. The summed E-state index contributed by atoms with van der Waals surface area (Å²) in [7, 11) is 0. The van der Waals surface area contributed by atoms with Crippen LogP contribution in [0.3, 0.4) is 0 Å². The number of halogens is 1. The van der Waals surface area contributed by atoms with Crippen LogP contribution in [0.2, 0.25) is 5.02 Å². The molecule has 8 heteroatoms. The summed E-state index contributed by atoms with van der Waals surface area (Å²) in [5.41, 5.74) is 2.50. The maximum Gasteiger partial charge on any atom is 0.255 e. The van der Waals surface area contributed by atoms with E-state index in [1.54, 1.807) is 42.0 Å². The van der Waals surface area contributed by atoms with Crippen LogP contribution in [0.4, 0.5) is 5.00 Å². The lowest BCUT2D eigenvalue weighted by atomic mass is 9.95. The van der Waals surface area contributed by atoms with E-state index in [0.29, 0.717) is 45.0 Å². The number of furan rings is 1. The van der Waals surface area contributed by atoms with Crippen LogP contribution in [-0.2, 0) is 19.4 Å². The normalized spacial score (nSPS) is 14.8. The number of carbonyl (C=O) groups is 1. The zero-order chi connectivity index (χ0) is 20.5. The van der Waals surface area contributed by atoms with Crippen LogP contribution in [0.15, 0.2) is 39.9 Å². The first-order valence-electron chi connectivity index (χ1n) is 9.77. The molecular formula is C22H19ClN2O4S. The number of carbonyl (C=O) groups excluding carboxylic acids is 1. The molecule has 2 aliphatic rings. The van der Waals surface area contributed by atoms with Crippen molar-refractivity contribution in [1.29, 1.82) is 0 Å². The fourth-order valence-corrected chi connectivity index (χ4v) is 5.14. The van der Waals surface area contributed by atoms with Crippen molar-refractivity contribution in [1.82, 2.24) is 5.32 Å². The number of ether oxygens (including phenoxy) is 2. The highest BCUT2D eigenvalue weighted by molar-refractivity contribution is 7.16. The lowest BCUT2D eigenvalue weighted by molar-refractivity contribution is 0.0948. The summed E-state index contributed by atoms with van der Waals surface area (Å²) in [6.45, 7) is 0.525. The molecule has 30 heavy (non-hydrogen) atoms. The molecule has 0 atom stereocenters. The molecule has 3 aromatic rings. The number of benzene rings is 1. The van der Waals surface area contributed by atoms with Gasteiger partial charge in [-0.15, -0.1) is 11.3 Å². The number of hydrogen-bond acceptors (Lipinski definition) is 6. The molecule has 6 nitrogen and oxygen atoms in total. The molecule has 3 heterocycles. The van der Waals surface area contributed by atoms with E-state index in [9.17, 15) is 4.79 Å². The molecule has 1 aliphatic heterocycles. The second-order valence-corrected chi connectivity index (χ2v) is 8.63. The molecule has 154 valence electrons. The predicted octanol–water partition coefficient (Wildman–Crippen LogP) is 5.28. The van der Waals surface area contributed by atoms with Crippen molar-refractivity contribution in [3.63, 3.8) is 0 Å². The van der Waals surface area contributed by atoms with Crippen LogP contribution >= 0.6 is 22.9 Å². The molecule has 0 fully saturated rings. The number of nitrogens with one attached hydrogen (secondary N) is 1. The molecule has 5 rings (SSSR count). The zero-order valence-electron chi connectivity index (χ0n) is 16.1. The van der Waals surface area contributed by atoms with Crippen LogP contribution in [0, 0.1) is 0 Å². The Morgan fingerprint density at radius 2 is 2.07 bits per heavy atom. The Morgan fingerprint density at radius 1 is 1.23 bits per heavy atom. The van der Waals surface area contributed by atoms with Gasteiger partial charge in [0.05, 0.1) is 23.4 Å². The second kappa shape index (κ2) is 8.16. The van der Waals surface area contributed by atoms with Gasteiger partial charge < -0.3 is 19.2 Å². The van der Waals surface area contributed by atoms with Crippen molar-refractivity contribution in [3.05, 3.63) is 62.9 Å². The second-order valence-electron chi connectivity index (χ2n) is 7.14. The number of fused-ring (bicyclic) bond motifs is 2. The molecule has 0 spiro atoms. The average molecular weight is 443 g/mol. The van der Waals surface area contributed by atoms with Gasteiger partial charge in [-0.2, -0.15) is 0 Å². The first-order valence-corrected chi connectivity index (χ1v) is 11.0. The molecule has 0 radical (unpaired) electrons. The fourth-order valence-electron chi connectivity index (χ4n) is 3.71. The molecule has 0 saturated carbocycles. The lowest BCUT2D eigenvalue weighted by Crippen LogP contribution is -2.23. The van der Waals surface area contributed by atoms with Crippen LogP contribution in [-0.4, -0.2) is 18.9 Å². The van der Waals surface area contributed by atoms with Crippen molar-refractivity contribution in [3.8, 4) is 11.5 Å². The Hall–Kier alpha value is -2.77. The third-order valence-electron chi connectivity index (χ3n) is 5.20. The highest BCUT2D eigenvalue weighted by Crippen LogP contribution is 2.41. The van der Waals surface area contributed by atoms with Gasteiger partial charge in [0.15, 0.2) is 11.5 Å². The fraction of sp³-hybridized carbons (Fsp3) is 0.273. The van der Waals surface area contributed by atoms with E-state index in [1.165, 1.54) is 4.88 Å². The molecule has 0 saturated heterocycles. The van der Waals surface area contributed by atoms with Crippen LogP contribution in [0.25, 0.3) is 0 Å². The first kappa shape index (κ1) is 19.2. The highest BCUT2D eigenvalue weighted by Gasteiger charge is 2.25. The summed E-state index contributed by atoms with van der Waals surface area (Å²) in [6.07, 6.45) is 7.38. The largest absolute Gasteiger partial charge is 0.467 e. The van der Waals surface area contributed by atoms with Gasteiger partial charge in [0.2, 0.25) is 6.79 Å². The summed E-state index contributed by atoms with van der Waals surface area (Å²) in [6, 6.07) is 7.17. The van der Waals surface area contributed by atoms with Crippen molar-refractivity contribution in [2.45, 2.75) is 32.2 Å². The van der Waals surface area contributed by atoms with E-state index in [2.05, 4.69) is 10.3 Å². The van der Waals surface area contributed by atoms with E-state index < -0.39 is 0 Å². The summed E-state index contributed by atoms with van der Waals surface area (Å²) < 4.78 is 16.1. The Kier molecular flexibility index (Phi) is 5.23. The summed E-state index contributed by atoms with van der Waals surface area (Å²) >= 11 is 7.95. The predicted molar refractivity (Wildman–Crippen MR) is 116 cm³/mol. The van der Waals surface area contributed by atoms with Gasteiger partial charge in [0, 0.05) is 22.7 Å². The van der Waals surface area contributed by atoms with Crippen molar-refractivity contribution < 1.29 is 18.7 Å². The number of aliphatic imine (C=N–C) groups is 1. The highest BCUT2D eigenvalue weighted by atomic mass is 35.5. The topological polar surface area (TPSA) is 73.1 Å². The summed E-state index contributed by atoms with van der Waals surface area (Å²) in [5.74, 6) is 1.85. The van der Waals surface area contributed by atoms with Gasteiger partial charge >= 0.3 is 0 Å². The molecular weight excluding hydrogens is 424 g/mol. The van der Waals surface area contributed by atoms with Gasteiger partial charge in [-0.3, -0.25) is 4.79 Å². The monoisotopic (exact) mass is 442 g/mol. The smallest absolute Gasteiger partial charge is 0.255 e. The quantitative estimate of drug-likeness (QED) is 0.545. The average Bonchev–Trinajstić information content (AvgIpc) is 3.49. The third-order valence-corrected chi connectivity index (χ3v) is 6.72. The number of rotatable bonds is 5. The van der Waals surface area contributed by atoms with E-state index >= 15 is 0 Å². The van der Waals surface area contributed by atoms with Crippen LogP contribution < -0.4 is 14.8 Å². The van der Waals surface area contributed by atoms with E-state index in [-0.39, 0.29) is 12.7 Å². The van der Waals surface area contributed by atoms with Gasteiger partial charge in [-0.25, -0.2) is 4.99 Å². The Bertz CT molecular complexity index is 1120. The molecule has 1 amide bonds. The third kappa shape index (κ3) is 3.70. The minimum atomic E-state index is -0.130. The maximum atomic E-state index is 13.0. The molecule has 2 aromatic heterocycles.